The van der Waals surface area contributed by atoms with Gasteiger partial charge in [-0.05, 0) is 30.2 Å². The third-order valence-electron chi connectivity index (χ3n) is 3.95. The number of hydrogen-bond acceptors (Lipinski definition) is 4. The quantitative estimate of drug-likeness (QED) is 0.502. The van der Waals surface area contributed by atoms with Crippen LogP contribution in [0.3, 0.4) is 0 Å². The molecule has 0 bridgehead atoms. The predicted molar refractivity (Wildman–Crippen MR) is 105 cm³/mol. The summed E-state index contributed by atoms with van der Waals surface area (Å²) in [7, 11) is -8.97. The third kappa shape index (κ3) is 4.35. The monoisotopic (exact) mass is 441 g/mol. The molecule has 0 spiro atoms. The summed E-state index contributed by atoms with van der Waals surface area (Å²) >= 11 is 6.06. The van der Waals surface area contributed by atoms with Crippen LogP contribution in [0.5, 0.6) is 0 Å². The molecule has 3 N–H and O–H groups in total. The molecule has 3 rings (SSSR count). The molecular formula is C17H15ClN2O6PS. The summed E-state index contributed by atoms with van der Waals surface area (Å²) in [4.78, 5) is 30.3. The van der Waals surface area contributed by atoms with Crippen LogP contribution in [0.1, 0.15) is 5.56 Å². The van der Waals surface area contributed by atoms with Crippen molar-refractivity contribution in [2.45, 2.75) is 11.3 Å². The Morgan fingerprint density at radius 1 is 1.18 bits per heavy atom. The van der Waals surface area contributed by atoms with E-state index in [-0.39, 0.29) is 31.7 Å². The maximum absolute atomic E-state index is 12.6. The smallest absolute Gasteiger partial charge is 0.308 e. The van der Waals surface area contributed by atoms with Crippen molar-refractivity contribution in [3.05, 3.63) is 75.5 Å². The van der Waals surface area contributed by atoms with Gasteiger partial charge in [-0.15, -0.1) is 0 Å². The van der Waals surface area contributed by atoms with E-state index in [0.29, 0.717) is 6.42 Å². The lowest BCUT2D eigenvalue weighted by Gasteiger charge is -2.14. The zero-order chi connectivity index (χ0) is 20.5. The second-order valence-corrected chi connectivity index (χ2v) is 9.46. The average molecular weight is 442 g/mol. The Morgan fingerprint density at radius 3 is 2.50 bits per heavy atom. The molecule has 0 saturated heterocycles. The fourth-order valence-electron chi connectivity index (χ4n) is 2.68. The molecule has 2 aromatic carbocycles. The van der Waals surface area contributed by atoms with E-state index in [0.717, 1.165) is 23.8 Å². The van der Waals surface area contributed by atoms with Crippen molar-refractivity contribution in [1.29, 1.82) is 0 Å². The van der Waals surface area contributed by atoms with Gasteiger partial charge in [0, 0.05) is 11.9 Å². The molecule has 28 heavy (non-hydrogen) atoms. The zero-order valence-corrected chi connectivity index (χ0v) is 16.7. The normalized spacial score (nSPS) is 12.4. The molecule has 0 fully saturated rings. The first-order valence-corrected chi connectivity index (χ1v) is 11.4. The second kappa shape index (κ2) is 7.79. The van der Waals surface area contributed by atoms with Crippen molar-refractivity contribution in [2.24, 2.45) is 0 Å². The lowest BCUT2D eigenvalue weighted by molar-refractivity contribution is 0.361. The minimum absolute atomic E-state index is 0.0933. The Labute approximate surface area is 165 Å². The number of hydrogen-bond donors (Lipinski definition) is 3. The number of nitrogens with zero attached hydrogens (tertiary/aromatic N) is 1. The fraction of sp³-hybridized carbons (Fsp3) is 0.118. The van der Waals surface area contributed by atoms with E-state index in [9.17, 15) is 27.6 Å². The molecule has 3 aromatic rings. The van der Waals surface area contributed by atoms with Gasteiger partial charge < -0.3 is 9.79 Å². The first kappa shape index (κ1) is 20.7. The number of halogens is 1. The molecule has 0 unspecified atom stereocenters. The Bertz CT molecular complexity index is 1240. The van der Waals surface area contributed by atoms with Crippen LogP contribution >= 0.6 is 19.3 Å². The van der Waals surface area contributed by atoms with Gasteiger partial charge in [-0.25, -0.2) is 22.0 Å². The Hall–Kier alpha value is -2.00. The van der Waals surface area contributed by atoms with E-state index in [1.54, 1.807) is 0 Å². The standard InChI is InChI=1S/C17H15ClN2O6PS/c18-14-11-15-13(6-7-17(21)20(15)27(22,23)24)10-16(14)28(25,26)19-9-8-12-4-2-1-3-5-12/h1-6,10-11,19H,8-9H2,(H2,22,23,24). The minimum Gasteiger partial charge on any atom is -0.308 e. The topological polar surface area (TPSA) is 126 Å². The molecule has 1 radical (unpaired) electrons. The second-order valence-electron chi connectivity index (χ2n) is 5.89. The molecule has 0 aliphatic carbocycles. The van der Waals surface area contributed by atoms with Gasteiger partial charge in [0.1, 0.15) is 4.90 Å². The van der Waals surface area contributed by atoms with Crippen LogP contribution in [0.4, 0.5) is 0 Å². The highest BCUT2D eigenvalue weighted by atomic mass is 35.5. The largest absolute Gasteiger partial charge is 0.437 e. The summed E-state index contributed by atoms with van der Waals surface area (Å²) in [6.45, 7) is 0.134. The maximum Gasteiger partial charge on any atom is 0.437 e. The van der Waals surface area contributed by atoms with Crippen LogP contribution in [0.15, 0.2) is 58.2 Å². The molecule has 0 atom stereocenters. The van der Waals surface area contributed by atoms with E-state index in [4.69, 9.17) is 11.6 Å². The van der Waals surface area contributed by atoms with E-state index < -0.39 is 23.3 Å². The van der Waals surface area contributed by atoms with Crippen molar-refractivity contribution in [3.63, 3.8) is 0 Å². The van der Waals surface area contributed by atoms with Gasteiger partial charge in [-0.2, -0.15) is 0 Å². The summed E-state index contributed by atoms with van der Waals surface area (Å²) in [6.07, 6.45) is 0.469. The van der Waals surface area contributed by atoms with Gasteiger partial charge in [-0.1, -0.05) is 41.9 Å². The Morgan fingerprint density at radius 2 is 1.86 bits per heavy atom. The highest BCUT2D eigenvalue weighted by Gasteiger charge is 2.24. The molecular weight excluding hydrogens is 427 g/mol. The van der Waals surface area contributed by atoms with Gasteiger partial charge in [0.05, 0.1) is 16.6 Å². The SMILES string of the molecule is O=c1[c]cc2cc(S(=O)(=O)NCCc3ccccc3)c(Cl)cc2n1P(=O)(O)O. The van der Waals surface area contributed by atoms with E-state index in [1.807, 2.05) is 30.3 Å². The predicted octanol–water partition coefficient (Wildman–Crippen LogP) is 1.92. The lowest BCUT2D eigenvalue weighted by atomic mass is 10.2. The van der Waals surface area contributed by atoms with Crippen molar-refractivity contribution in [2.75, 3.05) is 6.54 Å². The first-order valence-electron chi connectivity index (χ1n) is 7.96. The third-order valence-corrected chi connectivity index (χ3v) is 6.80. The van der Waals surface area contributed by atoms with Crippen molar-refractivity contribution >= 4 is 40.3 Å². The molecule has 0 aliphatic heterocycles. The molecule has 0 saturated carbocycles. The summed E-state index contributed by atoms with van der Waals surface area (Å²) in [5.74, 6) is 0. The van der Waals surface area contributed by atoms with Crippen molar-refractivity contribution in [3.8, 4) is 0 Å². The number of pyridine rings is 1. The van der Waals surface area contributed by atoms with Crippen molar-refractivity contribution < 1.29 is 22.8 Å². The van der Waals surface area contributed by atoms with Crippen molar-refractivity contribution in [1.82, 2.24) is 9.06 Å². The van der Waals surface area contributed by atoms with E-state index >= 15 is 0 Å². The van der Waals surface area contributed by atoms with Gasteiger partial charge in [0.15, 0.2) is 0 Å². The summed E-state index contributed by atoms with van der Waals surface area (Å²) in [6, 6.07) is 14.8. The van der Waals surface area contributed by atoms with Crippen LogP contribution in [-0.4, -0.2) is 29.1 Å². The first-order chi connectivity index (χ1) is 13.1. The highest BCUT2D eigenvalue weighted by molar-refractivity contribution is 7.89. The number of sulfonamides is 1. The Balaban J connectivity index is 1.96. The van der Waals surface area contributed by atoms with Gasteiger partial charge in [0.25, 0.3) is 5.56 Å². The lowest BCUT2D eigenvalue weighted by Crippen LogP contribution is -2.26. The molecule has 11 heteroatoms. The fourth-order valence-corrected chi connectivity index (χ4v) is 5.02. The van der Waals surface area contributed by atoms with E-state index in [1.165, 1.54) is 0 Å². The van der Waals surface area contributed by atoms with Gasteiger partial charge in [0.2, 0.25) is 10.0 Å². The summed E-state index contributed by atoms with van der Waals surface area (Å²) in [5.41, 5.74) is -0.283. The number of fused-ring (bicyclic) bond motifs is 1. The van der Waals surface area contributed by atoms with E-state index in [2.05, 4.69) is 10.8 Å². The summed E-state index contributed by atoms with van der Waals surface area (Å²) in [5, 5.41) is -0.178. The summed E-state index contributed by atoms with van der Waals surface area (Å²) < 4.78 is 39.5. The van der Waals surface area contributed by atoms with Crippen LogP contribution in [-0.2, 0) is 21.0 Å². The van der Waals surface area contributed by atoms with Crippen LogP contribution in [0, 0.1) is 6.07 Å². The zero-order valence-electron chi connectivity index (χ0n) is 14.2. The molecule has 0 aliphatic rings. The number of benzene rings is 2. The molecule has 0 amide bonds. The number of nitrogens with one attached hydrogen (secondary N) is 1. The Kier molecular flexibility index (Phi) is 5.77. The molecule has 1 aromatic heterocycles. The molecule has 1 heterocycles. The molecule has 8 nitrogen and oxygen atoms in total. The van der Waals surface area contributed by atoms with Gasteiger partial charge >= 0.3 is 7.75 Å². The van der Waals surface area contributed by atoms with Crippen LogP contribution in [0.25, 0.3) is 10.9 Å². The average Bonchev–Trinajstić information content (AvgIpc) is 2.60. The minimum atomic E-state index is -4.98. The number of rotatable bonds is 6. The van der Waals surface area contributed by atoms with Gasteiger partial charge in [-0.3, -0.25) is 4.79 Å². The molecule has 147 valence electrons. The maximum atomic E-state index is 12.6. The number of aromatic nitrogens is 1. The highest BCUT2D eigenvalue weighted by Crippen LogP contribution is 2.39. The van der Waals surface area contributed by atoms with Crippen LogP contribution < -0.4 is 10.3 Å². The van der Waals surface area contributed by atoms with Crippen LogP contribution in [0.2, 0.25) is 5.02 Å².